The van der Waals surface area contributed by atoms with Gasteiger partial charge < -0.3 is 21.3 Å². The van der Waals surface area contributed by atoms with E-state index in [1.807, 2.05) is 0 Å². The van der Waals surface area contributed by atoms with E-state index in [1.54, 1.807) is 0 Å². The second-order valence-corrected chi connectivity index (χ2v) is 5.11. The van der Waals surface area contributed by atoms with Gasteiger partial charge in [0.2, 0.25) is 5.91 Å². The molecule has 0 aliphatic carbocycles. The molecule has 0 heterocycles. The fourth-order valence-corrected chi connectivity index (χ4v) is 1.90. The van der Waals surface area contributed by atoms with Gasteiger partial charge in [-0.1, -0.05) is 13.8 Å². The van der Waals surface area contributed by atoms with Crippen molar-refractivity contribution in [3.8, 4) is 0 Å². The summed E-state index contributed by atoms with van der Waals surface area (Å²) in [6, 6.07) is 0. The molecule has 1 unspecified atom stereocenters. The fourth-order valence-electron chi connectivity index (χ4n) is 1.90. The van der Waals surface area contributed by atoms with Gasteiger partial charge in [0.05, 0.1) is 0 Å². The lowest BCUT2D eigenvalue weighted by Crippen LogP contribution is -2.30. The van der Waals surface area contributed by atoms with Gasteiger partial charge in [0.15, 0.2) is 6.10 Å². The molecular formula is C13H26N2O4. The minimum atomic E-state index is -1.42. The minimum absolute atomic E-state index is 0.0253. The van der Waals surface area contributed by atoms with Crippen LogP contribution in [0, 0.1) is 11.8 Å². The van der Waals surface area contributed by atoms with E-state index in [2.05, 4.69) is 19.2 Å². The summed E-state index contributed by atoms with van der Waals surface area (Å²) >= 11 is 0. The van der Waals surface area contributed by atoms with Gasteiger partial charge in [-0.2, -0.15) is 0 Å². The number of carbonyl (C=O) groups is 2. The Hall–Kier alpha value is -1.14. The minimum Gasteiger partial charge on any atom is -0.479 e. The lowest BCUT2D eigenvalue weighted by Gasteiger charge is -2.19. The lowest BCUT2D eigenvalue weighted by atomic mass is 9.88. The van der Waals surface area contributed by atoms with Crippen molar-refractivity contribution in [3.05, 3.63) is 0 Å². The van der Waals surface area contributed by atoms with E-state index in [0.717, 1.165) is 12.8 Å². The Balaban J connectivity index is 3.82. The van der Waals surface area contributed by atoms with Crippen molar-refractivity contribution >= 4 is 11.9 Å². The monoisotopic (exact) mass is 274 g/mol. The zero-order valence-electron chi connectivity index (χ0n) is 11.8. The summed E-state index contributed by atoms with van der Waals surface area (Å²) in [7, 11) is 0. The van der Waals surface area contributed by atoms with Crippen LogP contribution < -0.4 is 11.1 Å². The first-order chi connectivity index (χ1) is 8.88. The zero-order chi connectivity index (χ0) is 14.8. The second kappa shape index (κ2) is 9.75. The largest absolute Gasteiger partial charge is 0.479 e. The summed E-state index contributed by atoms with van der Waals surface area (Å²) in [5.41, 5.74) is 5.53. The number of nitrogens with two attached hydrogens (primary N) is 1. The predicted octanol–water partition coefficient (Wildman–Crippen LogP) is 0.339. The molecule has 0 bridgehead atoms. The van der Waals surface area contributed by atoms with Gasteiger partial charge >= 0.3 is 5.97 Å². The van der Waals surface area contributed by atoms with Crippen LogP contribution in [0.25, 0.3) is 0 Å². The molecule has 0 saturated heterocycles. The molecule has 112 valence electrons. The molecule has 0 aromatic carbocycles. The Morgan fingerprint density at radius 1 is 1.21 bits per heavy atom. The summed E-state index contributed by atoms with van der Waals surface area (Å²) in [5.74, 6) is -0.456. The average molecular weight is 274 g/mol. The Morgan fingerprint density at radius 3 is 2.32 bits per heavy atom. The SMILES string of the molecule is CC(C)C(CCN)CCC(=O)NCC[C@H](O)C(=O)O. The van der Waals surface area contributed by atoms with E-state index in [-0.39, 0.29) is 18.9 Å². The van der Waals surface area contributed by atoms with Gasteiger partial charge in [-0.15, -0.1) is 0 Å². The van der Waals surface area contributed by atoms with Crippen LogP contribution >= 0.6 is 0 Å². The third-order valence-electron chi connectivity index (χ3n) is 3.25. The van der Waals surface area contributed by atoms with Crippen LogP contribution in [-0.2, 0) is 9.59 Å². The number of aliphatic hydroxyl groups excluding tert-OH is 1. The van der Waals surface area contributed by atoms with Crippen LogP contribution in [0.15, 0.2) is 0 Å². The third kappa shape index (κ3) is 8.56. The Bertz CT molecular complexity index is 282. The summed E-state index contributed by atoms with van der Waals surface area (Å²) in [4.78, 5) is 21.9. The van der Waals surface area contributed by atoms with Gasteiger partial charge in [-0.05, 0) is 31.2 Å². The molecule has 5 N–H and O–H groups in total. The normalized spacial score (nSPS) is 14.2. The summed E-state index contributed by atoms with van der Waals surface area (Å²) in [5, 5.41) is 20.1. The van der Waals surface area contributed by atoms with Gasteiger partial charge in [0.1, 0.15) is 0 Å². The number of carboxylic acids is 1. The molecule has 0 radical (unpaired) electrons. The lowest BCUT2D eigenvalue weighted by molar-refractivity contribution is -0.147. The number of carboxylic acid groups (broad SMARTS) is 1. The van der Waals surface area contributed by atoms with E-state index in [4.69, 9.17) is 15.9 Å². The van der Waals surface area contributed by atoms with Crippen molar-refractivity contribution < 1.29 is 19.8 Å². The molecule has 0 aliphatic rings. The molecule has 0 aliphatic heterocycles. The molecular weight excluding hydrogens is 248 g/mol. The smallest absolute Gasteiger partial charge is 0.332 e. The molecule has 6 nitrogen and oxygen atoms in total. The highest BCUT2D eigenvalue weighted by atomic mass is 16.4. The Kier molecular flexibility index (Phi) is 9.16. The van der Waals surface area contributed by atoms with Crippen LogP contribution in [0.5, 0.6) is 0 Å². The van der Waals surface area contributed by atoms with E-state index < -0.39 is 12.1 Å². The first-order valence-electron chi connectivity index (χ1n) is 6.76. The number of amides is 1. The summed E-state index contributed by atoms with van der Waals surface area (Å²) in [6.07, 6.45) is 0.704. The van der Waals surface area contributed by atoms with E-state index in [9.17, 15) is 9.59 Å². The topological polar surface area (TPSA) is 113 Å². The average Bonchev–Trinajstić information content (AvgIpc) is 2.33. The number of carbonyl (C=O) groups excluding carboxylic acids is 1. The maximum absolute atomic E-state index is 11.6. The van der Waals surface area contributed by atoms with Gasteiger partial charge in [-0.25, -0.2) is 4.79 Å². The molecule has 2 atom stereocenters. The predicted molar refractivity (Wildman–Crippen MR) is 72.5 cm³/mol. The molecule has 1 amide bonds. The quantitative estimate of drug-likeness (QED) is 0.459. The summed E-state index contributed by atoms with van der Waals surface area (Å²) in [6.45, 7) is 5.02. The molecule has 0 aromatic rings. The van der Waals surface area contributed by atoms with Crippen LogP contribution in [0.3, 0.4) is 0 Å². The fraction of sp³-hybridized carbons (Fsp3) is 0.846. The zero-order valence-corrected chi connectivity index (χ0v) is 11.8. The number of aliphatic carboxylic acids is 1. The first kappa shape index (κ1) is 17.9. The van der Waals surface area contributed by atoms with Crippen molar-refractivity contribution in [3.63, 3.8) is 0 Å². The Morgan fingerprint density at radius 2 is 1.84 bits per heavy atom. The standard InChI is InChI=1S/C13H26N2O4/c1-9(2)10(5-7-14)3-4-12(17)15-8-6-11(16)13(18)19/h9-11,16H,3-8,14H2,1-2H3,(H,15,17)(H,18,19)/t10?,11-/m0/s1. The molecule has 19 heavy (non-hydrogen) atoms. The highest BCUT2D eigenvalue weighted by Crippen LogP contribution is 2.20. The number of hydrogen-bond acceptors (Lipinski definition) is 4. The number of nitrogens with one attached hydrogen (secondary N) is 1. The highest BCUT2D eigenvalue weighted by molar-refractivity contribution is 5.76. The van der Waals surface area contributed by atoms with Crippen molar-refractivity contribution in [2.45, 2.75) is 45.6 Å². The van der Waals surface area contributed by atoms with Crippen LogP contribution in [-0.4, -0.2) is 41.3 Å². The number of rotatable bonds is 10. The van der Waals surface area contributed by atoms with Gasteiger partial charge in [-0.3, -0.25) is 4.79 Å². The molecule has 0 rings (SSSR count). The number of hydrogen-bond donors (Lipinski definition) is 4. The molecule has 0 spiro atoms. The van der Waals surface area contributed by atoms with Crippen molar-refractivity contribution in [1.29, 1.82) is 0 Å². The van der Waals surface area contributed by atoms with Gasteiger partial charge in [0, 0.05) is 19.4 Å². The van der Waals surface area contributed by atoms with Crippen LogP contribution in [0.2, 0.25) is 0 Å². The third-order valence-corrected chi connectivity index (χ3v) is 3.25. The summed E-state index contributed by atoms with van der Waals surface area (Å²) < 4.78 is 0. The van der Waals surface area contributed by atoms with E-state index in [0.29, 0.717) is 24.8 Å². The number of aliphatic hydroxyl groups is 1. The maximum atomic E-state index is 11.6. The molecule has 6 heteroatoms. The maximum Gasteiger partial charge on any atom is 0.332 e. The second-order valence-electron chi connectivity index (χ2n) is 5.11. The molecule has 0 aromatic heterocycles. The van der Waals surface area contributed by atoms with E-state index in [1.165, 1.54) is 0 Å². The van der Waals surface area contributed by atoms with E-state index >= 15 is 0 Å². The van der Waals surface area contributed by atoms with Crippen molar-refractivity contribution in [1.82, 2.24) is 5.32 Å². The Labute approximate surface area is 114 Å². The van der Waals surface area contributed by atoms with Crippen molar-refractivity contribution in [2.75, 3.05) is 13.1 Å². The highest BCUT2D eigenvalue weighted by Gasteiger charge is 2.15. The van der Waals surface area contributed by atoms with Crippen LogP contribution in [0.1, 0.15) is 39.5 Å². The van der Waals surface area contributed by atoms with Gasteiger partial charge in [0.25, 0.3) is 0 Å². The molecule has 0 saturated carbocycles. The molecule has 0 fully saturated rings. The van der Waals surface area contributed by atoms with Crippen molar-refractivity contribution in [2.24, 2.45) is 17.6 Å². The first-order valence-corrected chi connectivity index (χ1v) is 6.76. The van der Waals surface area contributed by atoms with Crippen LogP contribution in [0.4, 0.5) is 0 Å².